The van der Waals surface area contributed by atoms with Crippen LogP contribution in [0.5, 0.6) is 0 Å². The number of aliphatic hydroxyl groups is 1. The first-order valence-corrected chi connectivity index (χ1v) is 4.69. The van der Waals surface area contributed by atoms with Crippen molar-refractivity contribution in [3.63, 3.8) is 0 Å². The van der Waals surface area contributed by atoms with Crippen molar-refractivity contribution in [2.45, 2.75) is 5.54 Å². The van der Waals surface area contributed by atoms with E-state index < -0.39 is 18.1 Å². The van der Waals surface area contributed by atoms with Gasteiger partial charge in [0.1, 0.15) is 0 Å². The van der Waals surface area contributed by atoms with Crippen LogP contribution in [0.1, 0.15) is 5.56 Å². The molecule has 0 saturated carbocycles. The molecule has 4 N–H and O–H groups in total. The number of carboxylic acid groups (broad SMARTS) is 1. The van der Waals surface area contributed by atoms with E-state index in [4.69, 9.17) is 15.9 Å². The molecule has 0 spiro atoms. The summed E-state index contributed by atoms with van der Waals surface area (Å²) < 4.78 is 0.826. The van der Waals surface area contributed by atoms with Crippen molar-refractivity contribution in [2.24, 2.45) is 5.73 Å². The number of nitrogens with two attached hydrogens (primary N) is 1. The predicted octanol–water partition coefficient (Wildman–Crippen LogP) is 0.680. The van der Waals surface area contributed by atoms with E-state index in [1.807, 2.05) is 0 Å². The largest absolute Gasteiger partial charge is 0.480 e. The minimum atomic E-state index is -1.72. The fourth-order valence-electron chi connectivity index (χ4n) is 1.03. The highest BCUT2D eigenvalue weighted by Gasteiger charge is 2.35. The van der Waals surface area contributed by atoms with Crippen molar-refractivity contribution >= 4 is 21.9 Å². The lowest BCUT2D eigenvalue weighted by molar-refractivity contribution is -0.145. The Balaban J connectivity index is 3.13. The maximum absolute atomic E-state index is 10.8. The Morgan fingerprint density at radius 3 is 2.29 bits per heavy atom. The summed E-state index contributed by atoms with van der Waals surface area (Å²) in [5, 5.41) is 17.8. The van der Waals surface area contributed by atoms with Gasteiger partial charge in [0.15, 0.2) is 5.54 Å². The van der Waals surface area contributed by atoms with E-state index in [0.717, 1.165) is 4.47 Å². The summed E-state index contributed by atoms with van der Waals surface area (Å²) >= 11 is 3.22. The molecule has 0 heterocycles. The lowest BCUT2D eigenvalue weighted by Gasteiger charge is -2.22. The van der Waals surface area contributed by atoms with E-state index in [2.05, 4.69) is 15.9 Å². The minimum absolute atomic E-state index is 0.371. The van der Waals surface area contributed by atoms with Crippen molar-refractivity contribution in [3.05, 3.63) is 34.3 Å². The van der Waals surface area contributed by atoms with Gasteiger partial charge in [-0.1, -0.05) is 28.1 Å². The SMILES string of the molecule is N[C@@](CO)(C(=O)O)c1ccc(Br)cc1. The Hall–Kier alpha value is -0.910. The zero-order valence-corrected chi connectivity index (χ0v) is 8.86. The molecule has 0 fully saturated rings. The van der Waals surface area contributed by atoms with Crippen molar-refractivity contribution in [2.75, 3.05) is 6.61 Å². The summed E-state index contributed by atoms with van der Waals surface area (Å²) in [6.45, 7) is -0.635. The van der Waals surface area contributed by atoms with E-state index in [1.54, 1.807) is 24.3 Å². The molecule has 0 unspecified atom stereocenters. The van der Waals surface area contributed by atoms with Gasteiger partial charge in [0.05, 0.1) is 6.61 Å². The number of hydrogen-bond acceptors (Lipinski definition) is 3. The van der Waals surface area contributed by atoms with Crippen molar-refractivity contribution in [1.82, 2.24) is 0 Å². The fraction of sp³-hybridized carbons (Fsp3) is 0.222. The number of aliphatic hydroxyl groups excluding tert-OH is 1. The smallest absolute Gasteiger partial charge is 0.330 e. The van der Waals surface area contributed by atoms with Gasteiger partial charge in [-0.05, 0) is 17.7 Å². The first kappa shape index (κ1) is 11.2. The highest BCUT2D eigenvalue weighted by Crippen LogP contribution is 2.20. The maximum atomic E-state index is 10.8. The topological polar surface area (TPSA) is 83.5 Å². The zero-order valence-electron chi connectivity index (χ0n) is 7.27. The molecule has 0 aromatic heterocycles. The van der Waals surface area contributed by atoms with Crippen molar-refractivity contribution in [1.29, 1.82) is 0 Å². The monoisotopic (exact) mass is 259 g/mol. The van der Waals surface area contributed by atoms with Gasteiger partial charge in [0.25, 0.3) is 0 Å². The summed E-state index contributed by atoms with van der Waals surface area (Å²) in [5.41, 5.74) is 4.20. The zero-order chi connectivity index (χ0) is 10.8. The van der Waals surface area contributed by atoms with E-state index in [9.17, 15) is 4.79 Å². The van der Waals surface area contributed by atoms with Gasteiger partial charge in [0, 0.05) is 4.47 Å². The Labute approximate surface area is 89.5 Å². The van der Waals surface area contributed by atoms with E-state index in [0.29, 0.717) is 5.56 Å². The van der Waals surface area contributed by atoms with Crippen LogP contribution in [0.4, 0.5) is 0 Å². The Bertz CT molecular complexity index is 338. The van der Waals surface area contributed by atoms with Crippen LogP contribution in [0.15, 0.2) is 28.7 Å². The lowest BCUT2D eigenvalue weighted by Crippen LogP contribution is -2.48. The van der Waals surface area contributed by atoms with Gasteiger partial charge in [0.2, 0.25) is 0 Å². The van der Waals surface area contributed by atoms with Crippen LogP contribution in [-0.4, -0.2) is 22.8 Å². The summed E-state index contributed by atoms with van der Waals surface area (Å²) in [5.74, 6) is -1.25. The number of benzene rings is 1. The molecule has 0 saturated heterocycles. The summed E-state index contributed by atoms with van der Waals surface area (Å²) in [4.78, 5) is 10.8. The highest BCUT2D eigenvalue weighted by atomic mass is 79.9. The Morgan fingerprint density at radius 2 is 1.93 bits per heavy atom. The third-order valence-electron chi connectivity index (χ3n) is 1.99. The minimum Gasteiger partial charge on any atom is -0.480 e. The number of hydrogen-bond donors (Lipinski definition) is 3. The second-order valence-electron chi connectivity index (χ2n) is 2.94. The first-order valence-electron chi connectivity index (χ1n) is 3.90. The molecule has 1 atom stereocenters. The molecular formula is C9H10BrNO3. The van der Waals surface area contributed by atoms with Gasteiger partial charge < -0.3 is 15.9 Å². The molecule has 5 heteroatoms. The normalized spacial score (nSPS) is 14.8. The molecule has 1 aromatic carbocycles. The molecule has 0 aliphatic rings. The summed E-state index contributed by atoms with van der Waals surface area (Å²) in [7, 11) is 0. The fourth-order valence-corrected chi connectivity index (χ4v) is 1.29. The van der Waals surface area contributed by atoms with Crippen LogP contribution < -0.4 is 5.73 Å². The molecular weight excluding hydrogens is 250 g/mol. The third kappa shape index (κ3) is 1.95. The van der Waals surface area contributed by atoms with Crippen molar-refractivity contribution in [3.8, 4) is 0 Å². The number of halogens is 1. The van der Waals surface area contributed by atoms with Gasteiger partial charge in [-0.3, -0.25) is 0 Å². The first-order chi connectivity index (χ1) is 6.50. The number of aliphatic carboxylic acids is 1. The van der Waals surface area contributed by atoms with E-state index in [-0.39, 0.29) is 0 Å². The molecule has 4 nitrogen and oxygen atoms in total. The van der Waals surface area contributed by atoms with Gasteiger partial charge in [-0.2, -0.15) is 0 Å². The third-order valence-corrected chi connectivity index (χ3v) is 2.52. The quantitative estimate of drug-likeness (QED) is 0.746. The highest BCUT2D eigenvalue weighted by molar-refractivity contribution is 9.10. The summed E-state index contributed by atoms with van der Waals surface area (Å²) in [6, 6.07) is 6.48. The number of carbonyl (C=O) groups is 1. The second-order valence-corrected chi connectivity index (χ2v) is 3.86. The standard InChI is InChI=1S/C9H10BrNO3/c10-7-3-1-6(2-4-7)9(11,5-12)8(13)14/h1-4,12H,5,11H2,(H,13,14)/t9-/m1/s1. The average Bonchev–Trinajstić information content (AvgIpc) is 2.17. The molecule has 0 radical (unpaired) electrons. The molecule has 0 amide bonds. The average molecular weight is 260 g/mol. The van der Waals surface area contributed by atoms with Gasteiger partial charge >= 0.3 is 5.97 Å². The van der Waals surface area contributed by atoms with Crippen LogP contribution in [0.25, 0.3) is 0 Å². The van der Waals surface area contributed by atoms with Crippen LogP contribution in [0, 0.1) is 0 Å². The lowest BCUT2D eigenvalue weighted by atomic mass is 9.92. The van der Waals surface area contributed by atoms with E-state index >= 15 is 0 Å². The van der Waals surface area contributed by atoms with Crippen LogP contribution in [-0.2, 0) is 10.3 Å². The van der Waals surface area contributed by atoms with Crippen LogP contribution >= 0.6 is 15.9 Å². The number of rotatable bonds is 3. The second kappa shape index (κ2) is 4.08. The van der Waals surface area contributed by atoms with Crippen LogP contribution in [0.2, 0.25) is 0 Å². The Morgan fingerprint density at radius 1 is 1.43 bits per heavy atom. The predicted molar refractivity (Wildman–Crippen MR) is 54.7 cm³/mol. The maximum Gasteiger partial charge on any atom is 0.330 e. The molecule has 0 aliphatic heterocycles. The molecule has 14 heavy (non-hydrogen) atoms. The van der Waals surface area contributed by atoms with Crippen molar-refractivity contribution < 1.29 is 15.0 Å². The molecule has 0 bridgehead atoms. The molecule has 0 aliphatic carbocycles. The van der Waals surface area contributed by atoms with Crippen LogP contribution in [0.3, 0.4) is 0 Å². The summed E-state index contributed by atoms with van der Waals surface area (Å²) in [6.07, 6.45) is 0. The molecule has 76 valence electrons. The Kier molecular flexibility index (Phi) is 3.25. The van der Waals surface area contributed by atoms with Gasteiger partial charge in [-0.25, -0.2) is 4.79 Å². The van der Waals surface area contributed by atoms with E-state index in [1.165, 1.54) is 0 Å². The number of carboxylic acids is 1. The van der Waals surface area contributed by atoms with Gasteiger partial charge in [-0.15, -0.1) is 0 Å². The molecule has 1 rings (SSSR count). The molecule has 1 aromatic rings.